The molecule has 0 aliphatic carbocycles. The fourth-order valence-electron chi connectivity index (χ4n) is 1.90. The van der Waals surface area contributed by atoms with Gasteiger partial charge in [-0.05, 0) is 47.8 Å². The van der Waals surface area contributed by atoms with E-state index >= 15 is 0 Å². The first-order valence-corrected chi connectivity index (χ1v) is 7.27. The molecular formula is C16H12FNO2S. The molecule has 21 heavy (non-hydrogen) atoms. The topological polar surface area (TPSA) is 42.2 Å². The van der Waals surface area contributed by atoms with Crippen molar-refractivity contribution in [1.82, 2.24) is 5.32 Å². The average Bonchev–Trinajstić information content (AvgIpc) is 3.17. The van der Waals surface area contributed by atoms with E-state index in [0.717, 1.165) is 10.4 Å². The lowest BCUT2D eigenvalue weighted by atomic mass is 10.2. The summed E-state index contributed by atoms with van der Waals surface area (Å²) in [6.45, 7) is 0.475. The van der Waals surface area contributed by atoms with Crippen molar-refractivity contribution >= 4 is 17.2 Å². The van der Waals surface area contributed by atoms with Crippen molar-refractivity contribution in [3.8, 4) is 11.3 Å². The first-order chi connectivity index (χ1) is 10.2. The molecule has 0 unspecified atom stereocenters. The number of carbonyl (C=O) groups excluding carboxylic acids is 1. The standard InChI is InChI=1S/C16H12FNO2S/c17-12-5-3-11(4-6-12)14-7-8-15(20-14)16(19)18-10-13-2-1-9-21-13/h1-9H,10H2,(H,18,19). The Bertz CT molecular complexity index is 732. The van der Waals surface area contributed by atoms with Gasteiger partial charge in [-0.15, -0.1) is 11.3 Å². The Kier molecular flexibility index (Phi) is 3.83. The van der Waals surface area contributed by atoms with Gasteiger partial charge in [0.05, 0.1) is 6.54 Å². The lowest BCUT2D eigenvalue weighted by Crippen LogP contribution is -2.21. The van der Waals surface area contributed by atoms with E-state index in [1.165, 1.54) is 12.1 Å². The second-order valence-electron chi connectivity index (χ2n) is 4.43. The first-order valence-electron chi connectivity index (χ1n) is 6.39. The molecule has 0 saturated heterocycles. The van der Waals surface area contributed by atoms with Crippen LogP contribution in [0.3, 0.4) is 0 Å². The van der Waals surface area contributed by atoms with Crippen LogP contribution >= 0.6 is 11.3 Å². The summed E-state index contributed by atoms with van der Waals surface area (Å²) in [5, 5.41) is 4.75. The van der Waals surface area contributed by atoms with E-state index in [1.54, 1.807) is 35.6 Å². The lowest BCUT2D eigenvalue weighted by Gasteiger charge is -2.01. The van der Waals surface area contributed by atoms with E-state index in [-0.39, 0.29) is 17.5 Å². The SMILES string of the molecule is O=C(NCc1cccs1)c1ccc(-c2ccc(F)cc2)o1. The third-order valence-electron chi connectivity index (χ3n) is 2.96. The predicted molar refractivity (Wildman–Crippen MR) is 79.6 cm³/mol. The molecule has 1 amide bonds. The Balaban J connectivity index is 1.69. The van der Waals surface area contributed by atoms with Crippen LogP contribution in [0.4, 0.5) is 4.39 Å². The second kappa shape index (κ2) is 5.93. The van der Waals surface area contributed by atoms with Gasteiger partial charge >= 0.3 is 0 Å². The summed E-state index contributed by atoms with van der Waals surface area (Å²) in [4.78, 5) is 13.1. The van der Waals surface area contributed by atoms with Gasteiger partial charge in [0.25, 0.3) is 5.91 Å². The van der Waals surface area contributed by atoms with Crippen LogP contribution in [0.1, 0.15) is 15.4 Å². The monoisotopic (exact) mass is 301 g/mol. The Morgan fingerprint density at radius 2 is 1.95 bits per heavy atom. The largest absolute Gasteiger partial charge is 0.451 e. The Morgan fingerprint density at radius 1 is 1.14 bits per heavy atom. The van der Waals surface area contributed by atoms with Gasteiger partial charge < -0.3 is 9.73 Å². The Labute approximate surface area is 125 Å². The molecule has 5 heteroatoms. The van der Waals surface area contributed by atoms with E-state index in [4.69, 9.17) is 4.42 Å². The molecule has 0 fully saturated rings. The minimum Gasteiger partial charge on any atom is -0.451 e. The Morgan fingerprint density at radius 3 is 2.67 bits per heavy atom. The number of amides is 1. The third kappa shape index (κ3) is 3.20. The van der Waals surface area contributed by atoms with Crippen molar-refractivity contribution in [2.24, 2.45) is 0 Å². The minimum atomic E-state index is -0.306. The molecule has 0 spiro atoms. The van der Waals surface area contributed by atoms with Crippen molar-refractivity contribution in [2.45, 2.75) is 6.54 Å². The third-order valence-corrected chi connectivity index (χ3v) is 3.84. The quantitative estimate of drug-likeness (QED) is 0.789. The zero-order chi connectivity index (χ0) is 14.7. The van der Waals surface area contributed by atoms with E-state index < -0.39 is 0 Å². The number of nitrogens with one attached hydrogen (secondary N) is 1. The van der Waals surface area contributed by atoms with Crippen molar-refractivity contribution in [2.75, 3.05) is 0 Å². The lowest BCUT2D eigenvalue weighted by molar-refractivity contribution is 0.0924. The predicted octanol–water partition coefficient (Wildman–Crippen LogP) is 4.08. The summed E-state index contributed by atoms with van der Waals surface area (Å²) in [5.41, 5.74) is 0.730. The zero-order valence-electron chi connectivity index (χ0n) is 11.0. The van der Waals surface area contributed by atoms with E-state index in [0.29, 0.717) is 12.3 Å². The molecule has 106 valence electrons. The van der Waals surface area contributed by atoms with Crippen LogP contribution in [0.15, 0.2) is 58.3 Å². The van der Waals surface area contributed by atoms with Crippen LogP contribution in [-0.2, 0) is 6.54 Å². The molecular weight excluding hydrogens is 289 g/mol. The second-order valence-corrected chi connectivity index (χ2v) is 5.47. The van der Waals surface area contributed by atoms with Crippen molar-refractivity contribution in [3.05, 3.63) is 70.4 Å². The average molecular weight is 301 g/mol. The van der Waals surface area contributed by atoms with Gasteiger partial charge in [-0.2, -0.15) is 0 Å². The van der Waals surface area contributed by atoms with Gasteiger partial charge in [0.2, 0.25) is 0 Å². The van der Waals surface area contributed by atoms with Crippen LogP contribution in [0.2, 0.25) is 0 Å². The highest BCUT2D eigenvalue weighted by Gasteiger charge is 2.12. The van der Waals surface area contributed by atoms with Gasteiger partial charge in [0.15, 0.2) is 5.76 Å². The van der Waals surface area contributed by atoms with Gasteiger partial charge in [-0.3, -0.25) is 4.79 Å². The molecule has 0 aliphatic rings. The summed E-state index contributed by atoms with van der Waals surface area (Å²) >= 11 is 1.58. The number of halogens is 1. The zero-order valence-corrected chi connectivity index (χ0v) is 11.8. The minimum absolute atomic E-state index is 0.242. The maximum absolute atomic E-state index is 12.9. The molecule has 0 aliphatic heterocycles. The van der Waals surface area contributed by atoms with Gasteiger partial charge in [-0.25, -0.2) is 4.39 Å². The highest BCUT2D eigenvalue weighted by Crippen LogP contribution is 2.22. The molecule has 2 aromatic heterocycles. The number of hydrogen-bond acceptors (Lipinski definition) is 3. The number of rotatable bonds is 4. The van der Waals surface area contributed by atoms with Crippen LogP contribution in [-0.4, -0.2) is 5.91 Å². The summed E-state index contributed by atoms with van der Waals surface area (Å²) in [6, 6.07) is 13.1. The van der Waals surface area contributed by atoms with E-state index in [2.05, 4.69) is 5.32 Å². The first kappa shape index (κ1) is 13.6. The van der Waals surface area contributed by atoms with Gasteiger partial charge in [0, 0.05) is 10.4 Å². The molecule has 3 aromatic rings. The molecule has 0 atom stereocenters. The number of benzene rings is 1. The highest BCUT2D eigenvalue weighted by atomic mass is 32.1. The number of carbonyl (C=O) groups is 1. The normalized spacial score (nSPS) is 10.5. The maximum Gasteiger partial charge on any atom is 0.287 e. The molecule has 1 N–H and O–H groups in total. The number of thiophene rings is 1. The van der Waals surface area contributed by atoms with Crippen LogP contribution in [0, 0.1) is 5.82 Å². The molecule has 2 heterocycles. The Hall–Kier alpha value is -2.40. The summed E-state index contributed by atoms with van der Waals surface area (Å²) < 4.78 is 18.4. The fourth-order valence-corrected chi connectivity index (χ4v) is 2.54. The molecule has 1 aromatic carbocycles. The van der Waals surface area contributed by atoms with Crippen molar-refractivity contribution in [3.63, 3.8) is 0 Å². The van der Waals surface area contributed by atoms with Gasteiger partial charge in [-0.1, -0.05) is 6.07 Å². The molecule has 0 radical (unpaired) electrons. The van der Waals surface area contributed by atoms with Gasteiger partial charge in [0.1, 0.15) is 11.6 Å². The smallest absolute Gasteiger partial charge is 0.287 e. The number of furan rings is 1. The molecule has 0 saturated carbocycles. The number of hydrogen-bond donors (Lipinski definition) is 1. The summed E-state index contributed by atoms with van der Waals surface area (Å²) in [5.74, 6) is 0.207. The van der Waals surface area contributed by atoms with Crippen molar-refractivity contribution < 1.29 is 13.6 Å². The van der Waals surface area contributed by atoms with Crippen LogP contribution < -0.4 is 5.32 Å². The maximum atomic E-state index is 12.9. The van der Waals surface area contributed by atoms with E-state index in [1.807, 2.05) is 17.5 Å². The molecule has 3 rings (SSSR count). The van der Waals surface area contributed by atoms with Crippen molar-refractivity contribution in [1.29, 1.82) is 0 Å². The van der Waals surface area contributed by atoms with E-state index in [9.17, 15) is 9.18 Å². The van der Waals surface area contributed by atoms with Crippen LogP contribution in [0.5, 0.6) is 0 Å². The molecule has 3 nitrogen and oxygen atoms in total. The highest BCUT2D eigenvalue weighted by molar-refractivity contribution is 7.09. The summed E-state index contributed by atoms with van der Waals surface area (Å²) in [7, 11) is 0. The molecule has 0 bridgehead atoms. The fraction of sp³-hybridized carbons (Fsp3) is 0.0625. The van der Waals surface area contributed by atoms with Crippen LogP contribution in [0.25, 0.3) is 11.3 Å². The summed E-state index contributed by atoms with van der Waals surface area (Å²) in [6.07, 6.45) is 0.